The van der Waals surface area contributed by atoms with Gasteiger partial charge in [-0.2, -0.15) is 4.58 Å². The van der Waals surface area contributed by atoms with Gasteiger partial charge in [-0.3, -0.25) is 9.59 Å². The first-order valence-electron chi connectivity index (χ1n) is 29.1. The van der Waals surface area contributed by atoms with E-state index in [0.29, 0.717) is 50.2 Å². The predicted octanol–water partition coefficient (Wildman–Crippen LogP) is 16.7. The lowest BCUT2D eigenvalue weighted by molar-refractivity contribution is -0.452. The summed E-state index contributed by atoms with van der Waals surface area (Å²) in [6.45, 7) is 16.9. The van der Waals surface area contributed by atoms with Gasteiger partial charge in [0.15, 0.2) is 12.3 Å². The van der Waals surface area contributed by atoms with Gasteiger partial charge in [0.25, 0.3) is 0 Å². The lowest BCUT2D eigenvalue weighted by Crippen LogP contribution is -2.31. The fourth-order valence-corrected chi connectivity index (χ4v) is 9.83. The number of hydrogen-bond acceptors (Lipinski definition) is 6. The number of rotatable bonds is 48. The highest BCUT2D eigenvalue weighted by Gasteiger charge is 2.24. The number of ether oxygens (including phenoxy) is 2. The first-order valence-corrected chi connectivity index (χ1v) is 29.1. The molecule has 7 heteroatoms. The Morgan fingerprint density at radius 3 is 1.20 bits per heavy atom. The van der Waals surface area contributed by atoms with Crippen LogP contribution < -0.4 is 0 Å². The highest BCUT2D eigenvalue weighted by Crippen LogP contribution is 2.21. The van der Waals surface area contributed by atoms with Gasteiger partial charge in [-0.05, 0) is 95.6 Å². The van der Waals surface area contributed by atoms with Gasteiger partial charge in [0.2, 0.25) is 0 Å². The van der Waals surface area contributed by atoms with Crippen LogP contribution in [0.1, 0.15) is 298 Å². The minimum Gasteiger partial charge on any atom is -0.465 e. The van der Waals surface area contributed by atoms with E-state index in [9.17, 15) is 14.4 Å². The van der Waals surface area contributed by atoms with E-state index in [4.69, 9.17) is 9.47 Å². The lowest BCUT2D eigenvalue weighted by atomic mass is 9.96. The second-order valence-corrected chi connectivity index (χ2v) is 20.5. The third kappa shape index (κ3) is 36.9. The first-order chi connectivity index (χ1) is 31.9. The summed E-state index contributed by atoms with van der Waals surface area (Å²) in [4.78, 5) is 41.8. The molecule has 7 nitrogen and oxygen atoms in total. The molecule has 1 saturated heterocycles. The van der Waals surface area contributed by atoms with Gasteiger partial charge in [-0.25, -0.2) is 4.79 Å². The molecule has 1 heterocycles. The Morgan fingerprint density at radius 1 is 0.415 bits per heavy atom. The van der Waals surface area contributed by atoms with Gasteiger partial charge in [-0.15, -0.1) is 0 Å². The summed E-state index contributed by atoms with van der Waals surface area (Å²) in [7, 11) is 0. The van der Waals surface area contributed by atoms with Gasteiger partial charge >= 0.3 is 17.8 Å². The molecule has 0 aromatic carbocycles. The second kappa shape index (κ2) is 46.0. The van der Waals surface area contributed by atoms with E-state index >= 15 is 0 Å². The molecule has 1 fully saturated rings. The third-order valence-electron chi connectivity index (χ3n) is 14.2. The predicted molar refractivity (Wildman–Crippen MR) is 278 cm³/mol. The normalized spacial score (nSPS) is 13.9. The molecule has 0 spiro atoms. The fourth-order valence-electron chi connectivity index (χ4n) is 9.83. The Morgan fingerprint density at radius 2 is 0.769 bits per heavy atom. The van der Waals surface area contributed by atoms with Gasteiger partial charge in [0.1, 0.15) is 0 Å². The molecule has 2 unspecified atom stereocenters. The van der Waals surface area contributed by atoms with Crippen LogP contribution in [-0.4, -0.2) is 72.4 Å². The zero-order valence-corrected chi connectivity index (χ0v) is 44.3. The maximum absolute atomic E-state index is 14.0. The van der Waals surface area contributed by atoms with Crippen molar-refractivity contribution in [2.75, 3.05) is 39.4 Å². The van der Waals surface area contributed by atoms with E-state index in [1.54, 1.807) is 0 Å². The number of nitrogens with zero attached hydrogens (tertiary/aromatic N) is 2. The van der Waals surface area contributed by atoms with E-state index in [1.165, 1.54) is 179 Å². The summed E-state index contributed by atoms with van der Waals surface area (Å²) in [6.07, 6.45) is 46.5. The second-order valence-electron chi connectivity index (χ2n) is 20.5. The van der Waals surface area contributed by atoms with Crippen LogP contribution in [0.25, 0.3) is 0 Å². The Hall–Kier alpha value is -1.76. The molecule has 0 radical (unpaired) electrons. The molecule has 0 aromatic heterocycles. The fraction of sp³-hybridized carbons (Fsp3) is 0.931. The standard InChI is InChI=1S/C58H111N2O5/c1-6-11-16-23-32-44-56(61)60(50-37-49-59-47-35-36-48-59)55(42-30-24-19-21-26-33-45-57(62)64-51-53(38-14-9-4)40-28-17-12-7-2)43-31-25-20-22-27-34-46-58(63)65-52-54(39-15-10-5)41-29-18-13-8-3/h53-54H,6-52H2,1-5H3/q+1. The van der Waals surface area contributed by atoms with Gasteiger partial charge in [-0.1, -0.05) is 189 Å². The van der Waals surface area contributed by atoms with Crippen molar-refractivity contribution in [1.82, 2.24) is 4.90 Å². The van der Waals surface area contributed by atoms with Gasteiger partial charge in [0, 0.05) is 38.6 Å². The highest BCUT2D eigenvalue weighted by molar-refractivity contribution is 5.85. The van der Waals surface area contributed by atoms with Crippen molar-refractivity contribution in [2.24, 2.45) is 11.8 Å². The van der Waals surface area contributed by atoms with Crippen molar-refractivity contribution in [1.29, 1.82) is 0 Å². The van der Waals surface area contributed by atoms with Crippen molar-refractivity contribution in [3.05, 3.63) is 0 Å². The Bertz CT molecular complexity index is 1080. The molecule has 0 aliphatic carbocycles. The largest absolute Gasteiger partial charge is 0.465 e. The number of unbranched alkanes of at least 4 members (excludes halogenated alkanes) is 22. The number of carbonyl (C=O) groups is 3. The number of esters is 2. The van der Waals surface area contributed by atoms with Crippen molar-refractivity contribution in [3.63, 3.8) is 0 Å². The summed E-state index contributed by atoms with van der Waals surface area (Å²) in [5, 5.41) is 0. The van der Waals surface area contributed by atoms with E-state index < -0.39 is 0 Å². The molecule has 1 aliphatic heterocycles. The summed E-state index contributed by atoms with van der Waals surface area (Å²) in [5.41, 5.74) is 1.39. The van der Waals surface area contributed by atoms with Crippen LogP contribution in [0, 0.1) is 11.8 Å². The molecule has 0 saturated carbocycles. The molecule has 0 bridgehead atoms. The first kappa shape index (κ1) is 61.3. The molecular weight excluding hydrogens is 805 g/mol. The third-order valence-corrected chi connectivity index (χ3v) is 14.2. The average Bonchev–Trinajstić information content (AvgIpc) is 3.84. The topological polar surface area (TPSA) is 75.9 Å². The van der Waals surface area contributed by atoms with E-state index in [1.807, 2.05) is 0 Å². The van der Waals surface area contributed by atoms with Crippen LogP contribution in [0.5, 0.6) is 0 Å². The van der Waals surface area contributed by atoms with Crippen molar-refractivity contribution in [3.8, 4) is 0 Å². The minimum absolute atomic E-state index is 0.00582. The number of hydrogen-bond donors (Lipinski definition) is 0. The molecule has 65 heavy (non-hydrogen) atoms. The number of amides is 1. The summed E-state index contributed by atoms with van der Waals surface area (Å²) < 4.78 is 13.8. The van der Waals surface area contributed by atoms with Crippen LogP contribution in [0.4, 0.5) is 0 Å². The SMILES string of the molecule is CCCCCCCC(=O)[N+](CCCN1CCCC1)=C(CCCCCCCCC(=O)OCC(CCCC)CCCCCC)CCCCCCCCC(=O)OCC(CCCC)CCCCCC. The van der Waals surface area contributed by atoms with Crippen LogP contribution in [0.3, 0.4) is 0 Å². The van der Waals surface area contributed by atoms with Crippen molar-refractivity contribution >= 4 is 23.6 Å². The van der Waals surface area contributed by atoms with Gasteiger partial charge in [0.05, 0.1) is 19.6 Å². The van der Waals surface area contributed by atoms with Gasteiger partial charge < -0.3 is 14.4 Å². The molecule has 382 valence electrons. The lowest BCUT2D eigenvalue weighted by Gasteiger charge is -2.16. The molecule has 0 N–H and O–H groups in total. The Labute approximate surface area is 404 Å². The maximum Gasteiger partial charge on any atom is 0.386 e. The van der Waals surface area contributed by atoms with Crippen molar-refractivity contribution in [2.45, 2.75) is 298 Å². The zero-order chi connectivity index (χ0) is 47.3. The maximum atomic E-state index is 14.0. The van der Waals surface area contributed by atoms with E-state index in [0.717, 1.165) is 96.6 Å². The van der Waals surface area contributed by atoms with Crippen molar-refractivity contribution < 1.29 is 28.4 Å². The molecular formula is C58H111N2O5+. The summed E-state index contributed by atoms with van der Waals surface area (Å²) in [5.74, 6) is 1.40. The van der Waals surface area contributed by atoms with Crippen LogP contribution in [0.15, 0.2) is 0 Å². The quantitative estimate of drug-likeness (QED) is 0.0262. The summed E-state index contributed by atoms with van der Waals surface area (Å²) >= 11 is 0. The highest BCUT2D eigenvalue weighted by atomic mass is 16.5. The summed E-state index contributed by atoms with van der Waals surface area (Å²) in [6, 6.07) is 0. The molecule has 1 amide bonds. The van der Waals surface area contributed by atoms with E-state index in [2.05, 4.69) is 44.1 Å². The number of carbonyl (C=O) groups excluding carboxylic acids is 3. The van der Waals surface area contributed by atoms with Crippen LogP contribution >= 0.6 is 0 Å². The molecule has 1 rings (SSSR count). The smallest absolute Gasteiger partial charge is 0.386 e. The van der Waals surface area contributed by atoms with Crippen LogP contribution in [-0.2, 0) is 23.9 Å². The molecule has 1 aliphatic rings. The monoisotopic (exact) mass is 916 g/mol. The zero-order valence-electron chi connectivity index (χ0n) is 44.3. The van der Waals surface area contributed by atoms with E-state index in [-0.39, 0.29) is 11.9 Å². The molecule has 0 aromatic rings. The number of likely N-dealkylation sites (tertiary alicyclic amines) is 1. The molecule has 2 atom stereocenters. The Balaban J connectivity index is 2.65. The Kier molecular flexibility index (Phi) is 43.3. The van der Waals surface area contributed by atoms with Crippen LogP contribution in [0.2, 0.25) is 0 Å². The average molecular weight is 917 g/mol. The minimum atomic E-state index is -0.00582.